The van der Waals surface area contributed by atoms with Crippen molar-refractivity contribution in [3.05, 3.63) is 40.2 Å². The van der Waals surface area contributed by atoms with Crippen LogP contribution in [0.2, 0.25) is 10.0 Å². The molecule has 0 aromatic heterocycles. The highest BCUT2D eigenvalue weighted by Crippen LogP contribution is 2.32. The molecular weight excluding hydrogens is 245 g/mol. The average Bonchev–Trinajstić information content (AvgIpc) is 2.17. The molecule has 1 aliphatic rings. The van der Waals surface area contributed by atoms with Crippen LogP contribution in [0.4, 0.5) is 0 Å². The number of halogens is 2. The standard InChI is InChI=1S/C11H11Cl2NO.CH3/c1-6(15)10-9(12)4-7-5-14-3-2-8(7)11(10)13;/h4,14H,2-3,5H2,1H3;1H3/q;-1/p+1. The number of carbonyl (C=O) groups excluding carboxylic acids is 1. The Morgan fingerprint density at radius 2 is 2.12 bits per heavy atom. The minimum absolute atomic E-state index is 0. The van der Waals surface area contributed by atoms with Crippen LogP contribution in [0.5, 0.6) is 0 Å². The summed E-state index contributed by atoms with van der Waals surface area (Å²) in [7, 11) is 0. The molecule has 0 atom stereocenters. The van der Waals surface area contributed by atoms with Gasteiger partial charge in [-0.1, -0.05) is 23.2 Å². The van der Waals surface area contributed by atoms with Crippen LogP contribution in [-0.2, 0) is 13.0 Å². The SMILES string of the molecule is CC(=O)c1c(Cl)cc2c(c1Cl)CC[NH2+]C2.[CH3-]. The fourth-order valence-corrected chi connectivity index (χ4v) is 2.85. The number of hydrogen-bond acceptors (Lipinski definition) is 1. The van der Waals surface area contributed by atoms with Crippen molar-refractivity contribution in [3.63, 3.8) is 0 Å². The van der Waals surface area contributed by atoms with E-state index in [0.717, 1.165) is 30.6 Å². The van der Waals surface area contributed by atoms with E-state index in [4.69, 9.17) is 23.2 Å². The lowest BCUT2D eigenvalue weighted by Gasteiger charge is -2.18. The molecule has 1 heterocycles. The molecule has 0 radical (unpaired) electrons. The van der Waals surface area contributed by atoms with E-state index in [2.05, 4.69) is 5.32 Å². The van der Waals surface area contributed by atoms with Crippen molar-refractivity contribution in [2.45, 2.75) is 19.9 Å². The lowest BCUT2D eigenvalue weighted by Crippen LogP contribution is -2.84. The molecule has 4 heteroatoms. The van der Waals surface area contributed by atoms with Gasteiger partial charge >= 0.3 is 0 Å². The number of fused-ring (bicyclic) bond motifs is 1. The Morgan fingerprint density at radius 1 is 1.44 bits per heavy atom. The van der Waals surface area contributed by atoms with Gasteiger partial charge in [0.2, 0.25) is 0 Å². The van der Waals surface area contributed by atoms with Gasteiger partial charge in [0.15, 0.2) is 5.78 Å². The quantitative estimate of drug-likeness (QED) is 0.610. The van der Waals surface area contributed by atoms with E-state index >= 15 is 0 Å². The van der Waals surface area contributed by atoms with Crippen molar-refractivity contribution in [1.29, 1.82) is 0 Å². The van der Waals surface area contributed by atoms with Gasteiger partial charge in [-0.2, -0.15) is 0 Å². The summed E-state index contributed by atoms with van der Waals surface area (Å²) in [6, 6.07) is 1.87. The Morgan fingerprint density at radius 3 is 2.75 bits per heavy atom. The molecule has 0 amide bonds. The van der Waals surface area contributed by atoms with Gasteiger partial charge in [-0.3, -0.25) is 4.79 Å². The Labute approximate surface area is 106 Å². The monoisotopic (exact) mass is 259 g/mol. The predicted molar refractivity (Wildman–Crippen MR) is 67.1 cm³/mol. The summed E-state index contributed by atoms with van der Waals surface area (Å²) in [5.41, 5.74) is 2.72. The number of benzene rings is 1. The molecule has 0 bridgehead atoms. The van der Waals surface area contributed by atoms with Crippen molar-refractivity contribution in [3.8, 4) is 0 Å². The molecule has 0 saturated carbocycles. The van der Waals surface area contributed by atoms with E-state index in [9.17, 15) is 4.79 Å². The lowest BCUT2D eigenvalue weighted by atomic mass is 9.97. The largest absolute Gasteiger partial charge is 0.358 e. The average molecular weight is 260 g/mol. The Hall–Kier alpha value is -0.570. The Kier molecular flexibility index (Phi) is 4.36. The molecule has 1 aromatic rings. The summed E-state index contributed by atoms with van der Waals surface area (Å²) in [6.45, 7) is 3.41. The van der Waals surface area contributed by atoms with Crippen LogP contribution in [0.1, 0.15) is 28.4 Å². The van der Waals surface area contributed by atoms with Gasteiger partial charge < -0.3 is 12.7 Å². The third-order valence-electron chi connectivity index (χ3n) is 2.73. The fraction of sp³-hybridized carbons (Fsp3) is 0.333. The number of quaternary nitrogens is 1. The van der Waals surface area contributed by atoms with Crippen LogP contribution >= 0.6 is 23.2 Å². The predicted octanol–water partition coefficient (Wildman–Crippen LogP) is 2.27. The normalized spacial score (nSPS) is 13.9. The first-order valence-corrected chi connectivity index (χ1v) is 5.69. The zero-order valence-electron chi connectivity index (χ0n) is 9.44. The molecule has 0 unspecified atom stereocenters. The zero-order chi connectivity index (χ0) is 11.0. The van der Waals surface area contributed by atoms with Crippen molar-refractivity contribution in [2.75, 3.05) is 6.54 Å². The molecule has 1 aromatic carbocycles. The van der Waals surface area contributed by atoms with Crippen LogP contribution in [0.3, 0.4) is 0 Å². The third kappa shape index (κ3) is 2.24. The molecule has 2 rings (SSSR count). The maximum atomic E-state index is 11.4. The zero-order valence-corrected chi connectivity index (χ0v) is 11.0. The third-order valence-corrected chi connectivity index (χ3v) is 3.44. The van der Waals surface area contributed by atoms with E-state index < -0.39 is 0 Å². The second-order valence-corrected chi connectivity index (χ2v) is 4.56. The number of nitrogens with two attached hydrogens (primary N) is 1. The van der Waals surface area contributed by atoms with Crippen LogP contribution < -0.4 is 5.32 Å². The molecule has 0 spiro atoms. The molecule has 1 aliphatic heterocycles. The van der Waals surface area contributed by atoms with Gasteiger partial charge in [-0.05, 0) is 18.6 Å². The van der Waals surface area contributed by atoms with Gasteiger partial charge in [0, 0.05) is 12.0 Å². The van der Waals surface area contributed by atoms with E-state index in [-0.39, 0.29) is 13.2 Å². The minimum atomic E-state index is -0.0673. The Balaban J connectivity index is 0.00000128. The van der Waals surface area contributed by atoms with Gasteiger partial charge in [-0.15, -0.1) is 0 Å². The number of Topliss-reactive ketones (excluding diaryl/α,β-unsaturated/α-hetero) is 1. The first-order valence-electron chi connectivity index (χ1n) is 4.93. The summed E-state index contributed by atoms with van der Waals surface area (Å²) < 4.78 is 0. The molecule has 0 fully saturated rings. The van der Waals surface area contributed by atoms with E-state index in [0.29, 0.717) is 15.6 Å². The first-order chi connectivity index (χ1) is 7.11. The Bertz CT molecular complexity index is 430. The number of ketones is 1. The summed E-state index contributed by atoms with van der Waals surface area (Å²) in [6.07, 6.45) is 0.908. The van der Waals surface area contributed by atoms with Crippen molar-refractivity contribution in [2.24, 2.45) is 0 Å². The van der Waals surface area contributed by atoms with E-state index in [1.165, 1.54) is 6.92 Å². The van der Waals surface area contributed by atoms with Crippen molar-refractivity contribution < 1.29 is 10.1 Å². The fourth-order valence-electron chi connectivity index (χ4n) is 1.99. The summed E-state index contributed by atoms with van der Waals surface area (Å²) in [5.74, 6) is -0.0673. The maximum absolute atomic E-state index is 11.4. The topological polar surface area (TPSA) is 33.7 Å². The van der Waals surface area contributed by atoms with Crippen LogP contribution in [-0.4, -0.2) is 12.3 Å². The number of carbonyl (C=O) groups is 1. The molecular formula is C12H15Cl2NO. The van der Waals surface area contributed by atoms with Crippen LogP contribution in [0, 0.1) is 7.43 Å². The van der Waals surface area contributed by atoms with Gasteiger partial charge in [0.05, 0.1) is 22.2 Å². The second-order valence-electron chi connectivity index (χ2n) is 3.77. The molecule has 0 saturated heterocycles. The van der Waals surface area contributed by atoms with Crippen molar-refractivity contribution >= 4 is 29.0 Å². The van der Waals surface area contributed by atoms with Gasteiger partial charge in [-0.25, -0.2) is 0 Å². The highest BCUT2D eigenvalue weighted by Gasteiger charge is 2.21. The van der Waals surface area contributed by atoms with Crippen molar-refractivity contribution in [1.82, 2.24) is 0 Å². The smallest absolute Gasteiger partial charge is 0.162 e. The van der Waals surface area contributed by atoms with Crippen LogP contribution in [0.25, 0.3) is 0 Å². The van der Waals surface area contributed by atoms with Crippen LogP contribution in [0.15, 0.2) is 6.07 Å². The number of hydrogen-bond donors (Lipinski definition) is 1. The van der Waals surface area contributed by atoms with E-state index in [1.54, 1.807) is 0 Å². The second kappa shape index (κ2) is 5.17. The lowest BCUT2D eigenvalue weighted by molar-refractivity contribution is -0.673. The summed E-state index contributed by atoms with van der Waals surface area (Å²) in [4.78, 5) is 11.4. The highest BCUT2D eigenvalue weighted by atomic mass is 35.5. The van der Waals surface area contributed by atoms with Gasteiger partial charge in [0.25, 0.3) is 0 Å². The summed E-state index contributed by atoms with van der Waals surface area (Å²) in [5, 5.41) is 3.24. The maximum Gasteiger partial charge on any atom is 0.162 e. The molecule has 16 heavy (non-hydrogen) atoms. The summed E-state index contributed by atoms with van der Waals surface area (Å²) >= 11 is 12.3. The molecule has 88 valence electrons. The molecule has 0 aliphatic carbocycles. The molecule has 2 N–H and O–H groups in total. The highest BCUT2D eigenvalue weighted by molar-refractivity contribution is 6.40. The van der Waals surface area contributed by atoms with E-state index in [1.807, 2.05) is 6.07 Å². The molecule has 2 nitrogen and oxygen atoms in total. The first kappa shape index (κ1) is 13.5. The number of rotatable bonds is 1. The minimum Gasteiger partial charge on any atom is -0.358 e. The van der Waals surface area contributed by atoms with Gasteiger partial charge in [0.1, 0.15) is 6.54 Å².